The van der Waals surface area contributed by atoms with Gasteiger partial charge >= 0.3 is 6.01 Å². The Morgan fingerprint density at radius 3 is 2.32 bits per heavy atom. The lowest BCUT2D eigenvalue weighted by atomic mass is 10.1. The molecule has 1 aliphatic heterocycles. The highest BCUT2D eigenvalue weighted by Crippen LogP contribution is 2.32. The fraction of sp³-hybridized carbons (Fsp3) is 0.467. The van der Waals surface area contributed by atoms with Gasteiger partial charge in [0, 0.05) is 13.1 Å². The first-order valence-electron chi connectivity index (χ1n) is 7.00. The maximum Gasteiger partial charge on any atom is 0.321 e. The third-order valence-electron chi connectivity index (χ3n) is 3.43. The van der Waals surface area contributed by atoms with Crippen molar-refractivity contribution in [3.05, 3.63) is 11.1 Å². The second kappa shape index (κ2) is 7.28. The summed E-state index contributed by atoms with van der Waals surface area (Å²) >= 11 is 0. The van der Waals surface area contributed by atoms with Gasteiger partial charge in [-0.05, 0) is 25.3 Å². The van der Waals surface area contributed by atoms with Gasteiger partial charge in [-0.25, -0.2) is 0 Å². The van der Waals surface area contributed by atoms with E-state index in [1.807, 2.05) is 12.1 Å². The van der Waals surface area contributed by atoms with Crippen molar-refractivity contribution in [1.82, 2.24) is 9.97 Å². The highest BCUT2D eigenvalue weighted by atomic mass is 16.5. The fourth-order valence-corrected chi connectivity index (χ4v) is 2.37. The van der Waals surface area contributed by atoms with Crippen LogP contribution in [0.25, 0.3) is 6.08 Å². The van der Waals surface area contributed by atoms with E-state index in [9.17, 15) is 0 Å². The largest absolute Gasteiger partial charge is 0.480 e. The molecule has 0 saturated carbocycles. The van der Waals surface area contributed by atoms with Gasteiger partial charge in [-0.15, -0.1) is 0 Å². The Kier molecular flexibility index (Phi) is 5.16. The van der Waals surface area contributed by atoms with Gasteiger partial charge in [-0.2, -0.15) is 20.5 Å². The Balaban J connectivity index is 2.59. The summed E-state index contributed by atoms with van der Waals surface area (Å²) in [6.45, 7) is 1.72. The van der Waals surface area contributed by atoms with Crippen LogP contribution < -0.4 is 14.4 Å². The molecule has 1 saturated heterocycles. The highest BCUT2D eigenvalue weighted by Gasteiger charge is 2.21. The second-order valence-corrected chi connectivity index (χ2v) is 4.79. The van der Waals surface area contributed by atoms with Crippen molar-refractivity contribution in [2.75, 3.05) is 32.2 Å². The monoisotopic (exact) mass is 299 g/mol. The Hall–Kier alpha value is -2.80. The van der Waals surface area contributed by atoms with Crippen LogP contribution in [-0.2, 0) is 0 Å². The first-order chi connectivity index (χ1) is 10.7. The summed E-state index contributed by atoms with van der Waals surface area (Å²) in [6.07, 6.45) is 4.78. The van der Waals surface area contributed by atoms with E-state index in [1.54, 1.807) is 0 Å². The Labute approximate surface area is 129 Å². The number of nitrogens with zero attached hydrogens (tertiary/aromatic N) is 5. The molecule has 22 heavy (non-hydrogen) atoms. The number of rotatable bonds is 4. The van der Waals surface area contributed by atoms with Gasteiger partial charge in [0.1, 0.15) is 23.5 Å². The van der Waals surface area contributed by atoms with Crippen molar-refractivity contribution in [3.63, 3.8) is 0 Å². The molecule has 0 N–H and O–H groups in total. The van der Waals surface area contributed by atoms with Gasteiger partial charge < -0.3 is 14.4 Å². The van der Waals surface area contributed by atoms with Crippen LogP contribution in [0.4, 0.5) is 5.82 Å². The molecule has 7 heteroatoms. The van der Waals surface area contributed by atoms with Crippen molar-refractivity contribution in [2.24, 2.45) is 0 Å². The predicted molar refractivity (Wildman–Crippen MR) is 80.4 cm³/mol. The fourth-order valence-electron chi connectivity index (χ4n) is 2.37. The molecule has 0 radical (unpaired) electrons. The second-order valence-electron chi connectivity index (χ2n) is 4.79. The third kappa shape index (κ3) is 3.26. The van der Waals surface area contributed by atoms with E-state index in [1.165, 1.54) is 26.7 Å². The van der Waals surface area contributed by atoms with E-state index in [-0.39, 0.29) is 17.5 Å². The normalized spacial score (nSPS) is 13.7. The van der Waals surface area contributed by atoms with E-state index in [0.717, 1.165) is 25.9 Å². The quantitative estimate of drug-likeness (QED) is 0.783. The molecule has 0 amide bonds. The van der Waals surface area contributed by atoms with Crippen LogP contribution in [-0.4, -0.2) is 37.3 Å². The minimum atomic E-state index is -0.0228. The van der Waals surface area contributed by atoms with Crippen molar-refractivity contribution < 1.29 is 9.47 Å². The van der Waals surface area contributed by atoms with Gasteiger partial charge in [0.2, 0.25) is 5.88 Å². The first-order valence-corrected chi connectivity index (χ1v) is 7.00. The molecular formula is C15H17N5O2. The van der Waals surface area contributed by atoms with Crippen molar-refractivity contribution in [1.29, 1.82) is 10.5 Å². The van der Waals surface area contributed by atoms with Crippen LogP contribution >= 0.6 is 0 Å². The van der Waals surface area contributed by atoms with Gasteiger partial charge in [0.25, 0.3) is 0 Å². The summed E-state index contributed by atoms with van der Waals surface area (Å²) in [6, 6.07) is 3.90. The number of ether oxygens (including phenoxy) is 2. The standard InChI is InChI=1S/C15H17N5O2/c1-21-14-12(8-11(9-16)10-17)13(18-15(19-14)22-2)20-6-4-3-5-7-20/h8H,3-7H2,1-2H3. The minimum Gasteiger partial charge on any atom is -0.480 e. The number of hydrogen-bond donors (Lipinski definition) is 0. The smallest absolute Gasteiger partial charge is 0.321 e. The zero-order valence-corrected chi connectivity index (χ0v) is 12.7. The maximum absolute atomic E-state index is 8.99. The Morgan fingerprint density at radius 1 is 1.09 bits per heavy atom. The SMILES string of the molecule is COc1nc(OC)c(C=C(C#N)C#N)c(N2CCCCC2)n1. The molecule has 0 unspecified atom stereocenters. The van der Waals surface area contributed by atoms with Gasteiger partial charge in [0.15, 0.2) is 0 Å². The van der Waals surface area contributed by atoms with Gasteiger partial charge in [0.05, 0.1) is 19.8 Å². The van der Waals surface area contributed by atoms with Gasteiger partial charge in [-0.1, -0.05) is 0 Å². The summed E-state index contributed by atoms with van der Waals surface area (Å²) in [7, 11) is 2.97. The third-order valence-corrected chi connectivity index (χ3v) is 3.43. The molecule has 0 aromatic carbocycles. The molecule has 0 spiro atoms. The van der Waals surface area contributed by atoms with Crippen LogP contribution in [0.3, 0.4) is 0 Å². The first kappa shape index (κ1) is 15.6. The number of allylic oxidation sites excluding steroid dienone is 1. The van der Waals surface area contributed by atoms with Crippen molar-refractivity contribution >= 4 is 11.9 Å². The molecule has 1 fully saturated rings. The molecule has 0 aliphatic carbocycles. The van der Waals surface area contributed by atoms with Crippen LogP contribution in [0, 0.1) is 22.7 Å². The Morgan fingerprint density at radius 2 is 1.77 bits per heavy atom. The summed E-state index contributed by atoms with van der Waals surface area (Å²) in [5.41, 5.74) is 0.508. The molecule has 0 bridgehead atoms. The van der Waals surface area contributed by atoms with Crippen LogP contribution in [0.15, 0.2) is 5.57 Å². The minimum absolute atomic E-state index is 0.0228. The lowest BCUT2D eigenvalue weighted by Crippen LogP contribution is -2.31. The lowest BCUT2D eigenvalue weighted by molar-refractivity contribution is 0.351. The van der Waals surface area contributed by atoms with Crippen LogP contribution in [0.2, 0.25) is 0 Å². The molecule has 2 heterocycles. The number of methoxy groups -OCH3 is 2. The number of nitriles is 2. The molecule has 2 rings (SSSR count). The summed E-state index contributed by atoms with van der Waals surface area (Å²) in [5.74, 6) is 0.918. The maximum atomic E-state index is 8.99. The number of hydrogen-bond acceptors (Lipinski definition) is 7. The van der Waals surface area contributed by atoms with E-state index in [4.69, 9.17) is 20.0 Å². The summed E-state index contributed by atoms with van der Waals surface area (Å²) in [5, 5.41) is 18.0. The van der Waals surface area contributed by atoms with E-state index in [2.05, 4.69) is 14.9 Å². The molecule has 7 nitrogen and oxygen atoms in total. The average molecular weight is 299 g/mol. The zero-order valence-electron chi connectivity index (χ0n) is 12.7. The summed E-state index contributed by atoms with van der Waals surface area (Å²) < 4.78 is 10.4. The predicted octanol–water partition coefficient (Wildman–Crippen LogP) is 1.91. The number of aromatic nitrogens is 2. The van der Waals surface area contributed by atoms with Gasteiger partial charge in [-0.3, -0.25) is 0 Å². The number of piperidine rings is 1. The summed E-state index contributed by atoms with van der Waals surface area (Å²) in [4.78, 5) is 10.6. The highest BCUT2D eigenvalue weighted by molar-refractivity contribution is 5.74. The average Bonchev–Trinajstić information content (AvgIpc) is 2.59. The topological polar surface area (TPSA) is 95.1 Å². The molecule has 1 aromatic rings. The lowest BCUT2D eigenvalue weighted by Gasteiger charge is -2.29. The molecule has 1 aromatic heterocycles. The molecule has 0 atom stereocenters. The Bertz CT molecular complexity index is 635. The zero-order chi connectivity index (χ0) is 15.9. The van der Waals surface area contributed by atoms with E-state index in [0.29, 0.717) is 11.4 Å². The van der Waals surface area contributed by atoms with Crippen LogP contribution in [0.5, 0.6) is 11.9 Å². The van der Waals surface area contributed by atoms with Crippen LogP contribution in [0.1, 0.15) is 24.8 Å². The van der Waals surface area contributed by atoms with E-state index < -0.39 is 0 Å². The molecule has 114 valence electrons. The van der Waals surface area contributed by atoms with Crippen molar-refractivity contribution in [3.8, 4) is 24.0 Å². The molecule has 1 aliphatic rings. The van der Waals surface area contributed by atoms with E-state index >= 15 is 0 Å². The van der Waals surface area contributed by atoms with Crippen molar-refractivity contribution in [2.45, 2.75) is 19.3 Å². The number of anilines is 1. The molecular weight excluding hydrogens is 282 g/mol.